The molecule has 0 amide bonds. The molecule has 88 valence electrons. The summed E-state index contributed by atoms with van der Waals surface area (Å²) in [5.41, 5.74) is 6.10. The Bertz CT molecular complexity index is 362. The van der Waals surface area contributed by atoms with E-state index in [0.717, 1.165) is 18.9 Å². The van der Waals surface area contributed by atoms with Crippen molar-refractivity contribution >= 4 is 11.6 Å². The van der Waals surface area contributed by atoms with Crippen molar-refractivity contribution in [2.45, 2.75) is 33.1 Å². The van der Waals surface area contributed by atoms with Crippen molar-refractivity contribution in [2.75, 3.05) is 23.7 Å². The molecule has 1 aliphatic heterocycles. The fourth-order valence-corrected chi connectivity index (χ4v) is 2.17. The van der Waals surface area contributed by atoms with Crippen LogP contribution in [0.5, 0.6) is 0 Å². The zero-order chi connectivity index (χ0) is 11.6. The molecule has 2 rings (SSSR count). The lowest BCUT2D eigenvalue weighted by molar-refractivity contribution is 0.325. The average Bonchev–Trinajstić information content (AvgIpc) is 2.39. The molecule has 1 saturated heterocycles. The fourth-order valence-electron chi connectivity index (χ4n) is 2.17. The SMILES string of the molecule is CC1(C)CCCN(c2cncc(N)n2)CC1. The molecule has 0 atom stereocenters. The molecular formula is C12H20N4. The second-order valence-electron chi connectivity index (χ2n) is 5.31. The first-order valence-electron chi connectivity index (χ1n) is 5.89. The van der Waals surface area contributed by atoms with Crippen LogP contribution in [0.3, 0.4) is 0 Å². The number of nitrogen functional groups attached to an aromatic ring is 1. The lowest BCUT2D eigenvalue weighted by Crippen LogP contribution is -2.26. The Morgan fingerprint density at radius 2 is 2.06 bits per heavy atom. The van der Waals surface area contributed by atoms with Gasteiger partial charge in [-0.3, -0.25) is 4.98 Å². The summed E-state index contributed by atoms with van der Waals surface area (Å²) in [6.07, 6.45) is 7.08. The van der Waals surface area contributed by atoms with Gasteiger partial charge in [-0.2, -0.15) is 0 Å². The highest BCUT2D eigenvalue weighted by atomic mass is 15.2. The van der Waals surface area contributed by atoms with Crippen LogP contribution in [-0.4, -0.2) is 23.1 Å². The number of hydrogen-bond acceptors (Lipinski definition) is 4. The molecule has 0 bridgehead atoms. The first-order valence-corrected chi connectivity index (χ1v) is 5.89. The van der Waals surface area contributed by atoms with Crippen LogP contribution in [0.1, 0.15) is 33.1 Å². The highest BCUT2D eigenvalue weighted by Gasteiger charge is 2.23. The van der Waals surface area contributed by atoms with Crippen LogP contribution in [0.2, 0.25) is 0 Å². The first-order chi connectivity index (χ1) is 7.57. The standard InChI is InChI=1S/C12H20N4/c1-12(2)4-3-6-16(7-5-12)11-9-14-8-10(13)15-11/h8-9H,3-7H2,1-2H3,(H2,13,15). The third-order valence-electron chi connectivity index (χ3n) is 3.30. The molecule has 1 aromatic heterocycles. The summed E-state index contributed by atoms with van der Waals surface area (Å²) < 4.78 is 0. The number of rotatable bonds is 1. The molecule has 0 saturated carbocycles. The molecule has 2 heterocycles. The molecule has 0 unspecified atom stereocenters. The van der Waals surface area contributed by atoms with Gasteiger partial charge in [-0.05, 0) is 24.7 Å². The van der Waals surface area contributed by atoms with Crippen molar-refractivity contribution in [1.82, 2.24) is 9.97 Å². The van der Waals surface area contributed by atoms with Crippen LogP contribution in [-0.2, 0) is 0 Å². The predicted molar refractivity (Wildman–Crippen MR) is 66.3 cm³/mol. The number of nitrogens with zero attached hydrogens (tertiary/aromatic N) is 3. The Hall–Kier alpha value is -1.32. The predicted octanol–water partition coefficient (Wildman–Crippen LogP) is 2.08. The topological polar surface area (TPSA) is 55.0 Å². The van der Waals surface area contributed by atoms with Crippen LogP contribution in [0.25, 0.3) is 0 Å². The van der Waals surface area contributed by atoms with Gasteiger partial charge in [0.05, 0.1) is 12.4 Å². The monoisotopic (exact) mass is 220 g/mol. The minimum atomic E-state index is 0.447. The second-order valence-corrected chi connectivity index (χ2v) is 5.31. The molecule has 1 fully saturated rings. The van der Waals surface area contributed by atoms with E-state index in [-0.39, 0.29) is 0 Å². The summed E-state index contributed by atoms with van der Waals surface area (Å²) >= 11 is 0. The summed E-state index contributed by atoms with van der Waals surface area (Å²) in [5, 5.41) is 0. The van der Waals surface area contributed by atoms with Gasteiger partial charge in [0.2, 0.25) is 0 Å². The number of nitrogens with two attached hydrogens (primary N) is 1. The van der Waals surface area contributed by atoms with Crippen molar-refractivity contribution in [1.29, 1.82) is 0 Å². The van der Waals surface area contributed by atoms with Crippen molar-refractivity contribution < 1.29 is 0 Å². The highest BCUT2D eigenvalue weighted by molar-refractivity contribution is 5.41. The maximum Gasteiger partial charge on any atom is 0.149 e. The van der Waals surface area contributed by atoms with Crippen molar-refractivity contribution in [2.24, 2.45) is 5.41 Å². The van der Waals surface area contributed by atoms with Gasteiger partial charge in [0, 0.05) is 13.1 Å². The van der Waals surface area contributed by atoms with Gasteiger partial charge in [-0.25, -0.2) is 4.98 Å². The van der Waals surface area contributed by atoms with E-state index < -0.39 is 0 Å². The summed E-state index contributed by atoms with van der Waals surface area (Å²) in [4.78, 5) is 10.7. The smallest absolute Gasteiger partial charge is 0.149 e. The minimum Gasteiger partial charge on any atom is -0.382 e. The summed E-state index contributed by atoms with van der Waals surface area (Å²) in [7, 11) is 0. The summed E-state index contributed by atoms with van der Waals surface area (Å²) in [6.45, 7) is 6.77. The molecule has 16 heavy (non-hydrogen) atoms. The van der Waals surface area contributed by atoms with Gasteiger partial charge in [-0.15, -0.1) is 0 Å². The zero-order valence-electron chi connectivity index (χ0n) is 10.1. The van der Waals surface area contributed by atoms with E-state index >= 15 is 0 Å². The Labute approximate surface area is 96.9 Å². The molecule has 4 nitrogen and oxygen atoms in total. The van der Waals surface area contributed by atoms with Crippen molar-refractivity contribution in [3.63, 3.8) is 0 Å². The van der Waals surface area contributed by atoms with E-state index in [1.54, 1.807) is 12.4 Å². The highest BCUT2D eigenvalue weighted by Crippen LogP contribution is 2.31. The van der Waals surface area contributed by atoms with Gasteiger partial charge in [0.1, 0.15) is 11.6 Å². The van der Waals surface area contributed by atoms with E-state index in [2.05, 4.69) is 28.7 Å². The largest absolute Gasteiger partial charge is 0.382 e. The Kier molecular flexibility index (Phi) is 2.99. The second kappa shape index (κ2) is 4.28. The van der Waals surface area contributed by atoms with Crippen LogP contribution < -0.4 is 10.6 Å². The molecule has 0 spiro atoms. The molecule has 1 aromatic rings. The van der Waals surface area contributed by atoms with E-state index in [9.17, 15) is 0 Å². The van der Waals surface area contributed by atoms with Crippen molar-refractivity contribution in [3.05, 3.63) is 12.4 Å². The van der Waals surface area contributed by atoms with Crippen molar-refractivity contribution in [3.8, 4) is 0 Å². The number of aromatic nitrogens is 2. The lowest BCUT2D eigenvalue weighted by atomic mass is 9.85. The average molecular weight is 220 g/mol. The maximum absolute atomic E-state index is 5.66. The van der Waals surface area contributed by atoms with Gasteiger partial charge in [0.15, 0.2) is 0 Å². The van der Waals surface area contributed by atoms with E-state index in [4.69, 9.17) is 5.73 Å². The lowest BCUT2D eigenvalue weighted by Gasteiger charge is -2.23. The van der Waals surface area contributed by atoms with Gasteiger partial charge in [0.25, 0.3) is 0 Å². The third-order valence-corrected chi connectivity index (χ3v) is 3.30. The fraction of sp³-hybridized carbons (Fsp3) is 0.667. The molecule has 0 aliphatic carbocycles. The molecule has 1 aliphatic rings. The Morgan fingerprint density at radius 1 is 1.25 bits per heavy atom. The van der Waals surface area contributed by atoms with Gasteiger partial charge >= 0.3 is 0 Å². The molecule has 4 heteroatoms. The quantitative estimate of drug-likeness (QED) is 0.787. The molecule has 2 N–H and O–H groups in total. The summed E-state index contributed by atoms with van der Waals surface area (Å²) in [5.74, 6) is 1.42. The molecule has 0 radical (unpaired) electrons. The van der Waals surface area contributed by atoms with Gasteiger partial charge < -0.3 is 10.6 Å². The van der Waals surface area contributed by atoms with E-state index in [0.29, 0.717) is 11.2 Å². The number of hydrogen-bond donors (Lipinski definition) is 1. The first kappa shape index (κ1) is 11.2. The van der Waals surface area contributed by atoms with Gasteiger partial charge in [-0.1, -0.05) is 13.8 Å². The maximum atomic E-state index is 5.66. The van der Waals surface area contributed by atoms with Crippen LogP contribution in [0.15, 0.2) is 12.4 Å². The molecular weight excluding hydrogens is 200 g/mol. The van der Waals surface area contributed by atoms with Crippen LogP contribution >= 0.6 is 0 Å². The summed E-state index contributed by atoms with van der Waals surface area (Å²) in [6, 6.07) is 0. The minimum absolute atomic E-state index is 0.447. The third kappa shape index (κ3) is 2.62. The Balaban J connectivity index is 2.11. The Morgan fingerprint density at radius 3 is 2.81 bits per heavy atom. The molecule has 0 aromatic carbocycles. The van der Waals surface area contributed by atoms with E-state index in [1.165, 1.54) is 19.3 Å². The van der Waals surface area contributed by atoms with Crippen LogP contribution in [0.4, 0.5) is 11.6 Å². The van der Waals surface area contributed by atoms with Crippen LogP contribution in [0, 0.1) is 5.41 Å². The zero-order valence-corrected chi connectivity index (χ0v) is 10.1. The van der Waals surface area contributed by atoms with E-state index in [1.807, 2.05) is 0 Å². The number of anilines is 2. The normalized spacial score (nSPS) is 20.5.